The molecule has 1 aromatic carbocycles. The summed E-state index contributed by atoms with van der Waals surface area (Å²) < 4.78 is 27.1. The molecule has 0 aliphatic rings. The number of carboxylic acid groups (broad SMARTS) is 1. The van der Waals surface area contributed by atoms with E-state index in [1.165, 1.54) is 6.92 Å². The molecule has 1 N–H and O–H groups in total. The maximum atomic E-state index is 13.1. The molecule has 1 heterocycles. The van der Waals surface area contributed by atoms with Gasteiger partial charge in [0.15, 0.2) is 17.5 Å². The number of hydrogen-bond acceptors (Lipinski definition) is 4. The number of aromatic nitrogens is 4. The van der Waals surface area contributed by atoms with Gasteiger partial charge in [0, 0.05) is 6.07 Å². The van der Waals surface area contributed by atoms with E-state index in [2.05, 4.69) is 15.5 Å². The molecule has 0 aliphatic heterocycles. The van der Waals surface area contributed by atoms with Crippen molar-refractivity contribution < 1.29 is 18.7 Å². The number of carbonyl (C=O) groups is 1. The Labute approximate surface area is 93.5 Å². The lowest BCUT2D eigenvalue weighted by molar-refractivity contribution is 0.0696. The van der Waals surface area contributed by atoms with Crippen molar-refractivity contribution in [2.75, 3.05) is 0 Å². The molecular formula is C9H6F2N4O2. The highest BCUT2D eigenvalue weighted by Crippen LogP contribution is 2.19. The van der Waals surface area contributed by atoms with Crippen molar-refractivity contribution in [3.8, 4) is 5.69 Å². The molecule has 0 fully saturated rings. The highest BCUT2D eigenvalue weighted by molar-refractivity contribution is 5.91. The summed E-state index contributed by atoms with van der Waals surface area (Å²) in [7, 11) is 0. The smallest absolute Gasteiger partial charge is 0.338 e. The van der Waals surface area contributed by atoms with Crippen LogP contribution in [0.4, 0.5) is 8.78 Å². The summed E-state index contributed by atoms with van der Waals surface area (Å²) in [5.41, 5.74) is -0.543. The number of rotatable bonds is 2. The molecule has 0 spiro atoms. The van der Waals surface area contributed by atoms with E-state index in [-0.39, 0.29) is 11.5 Å². The third kappa shape index (κ3) is 1.84. The first kappa shape index (κ1) is 11.1. The van der Waals surface area contributed by atoms with Crippen molar-refractivity contribution in [3.05, 3.63) is 35.2 Å². The highest BCUT2D eigenvalue weighted by Gasteiger charge is 2.18. The van der Waals surface area contributed by atoms with Crippen molar-refractivity contribution in [1.82, 2.24) is 20.2 Å². The number of carboxylic acids is 1. The molecule has 0 saturated heterocycles. The van der Waals surface area contributed by atoms with Gasteiger partial charge in [0.25, 0.3) is 0 Å². The fourth-order valence-corrected chi connectivity index (χ4v) is 1.34. The SMILES string of the molecule is Cc1nnnn1-c1cc(F)c(F)cc1C(=O)O. The Morgan fingerprint density at radius 1 is 1.35 bits per heavy atom. The Bertz CT molecular complexity index is 597. The molecule has 1 aromatic heterocycles. The summed E-state index contributed by atoms with van der Waals surface area (Å²) in [5, 5.41) is 19.2. The van der Waals surface area contributed by atoms with E-state index in [4.69, 9.17) is 5.11 Å². The molecule has 88 valence electrons. The highest BCUT2D eigenvalue weighted by atomic mass is 19.2. The van der Waals surface area contributed by atoms with Crippen molar-refractivity contribution in [2.24, 2.45) is 0 Å². The minimum absolute atomic E-state index is 0.126. The van der Waals surface area contributed by atoms with E-state index in [0.29, 0.717) is 6.07 Å². The third-order valence-corrected chi connectivity index (χ3v) is 2.12. The average Bonchev–Trinajstić information content (AvgIpc) is 2.67. The first-order valence-corrected chi connectivity index (χ1v) is 4.48. The Morgan fingerprint density at radius 3 is 2.53 bits per heavy atom. The molecule has 17 heavy (non-hydrogen) atoms. The van der Waals surface area contributed by atoms with Crippen LogP contribution in [0.25, 0.3) is 5.69 Å². The maximum absolute atomic E-state index is 13.1. The van der Waals surface area contributed by atoms with Crippen molar-refractivity contribution in [2.45, 2.75) is 6.92 Å². The van der Waals surface area contributed by atoms with Crippen LogP contribution < -0.4 is 0 Å². The Morgan fingerprint density at radius 2 is 2.00 bits per heavy atom. The van der Waals surface area contributed by atoms with Gasteiger partial charge in [-0.1, -0.05) is 0 Å². The predicted molar refractivity (Wildman–Crippen MR) is 50.8 cm³/mol. The molecule has 2 rings (SSSR count). The van der Waals surface area contributed by atoms with Crippen LogP contribution in [0.15, 0.2) is 12.1 Å². The zero-order chi connectivity index (χ0) is 12.6. The van der Waals surface area contributed by atoms with Gasteiger partial charge in [0.1, 0.15) is 0 Å². The molecule has 6 nitrogen and oxygen atoms in total. The molecule has 0 amide bonds. The first-order valence-electron chi connectivity index (χ1n) is 4.48. The van der Waals surface area contributed by atoms with Gasteiger partial charge in [-0.25, -0.2) is 13.6 Å². The molecule has 2 aromatic rings. The van der Waals surface area contributed by atoms with Crippen molar-refractivity contribution in [1.29, 1.82) is 0 Å². The number of aryl methyl sites for hydroxylation is 1. The van der Waals surface area contributed by atoms with Gasteiger partial charge in [-0.3, -0.25) is 0 Å². The fraction of sp³-hybridized carbons (Fsp3) is 0.111. The van der Waals surface area contributed by atoms with Gasteiger partial charge < -0.3 is 5.11 Å². The molecule has 0 bridgehead atoms. The number of hydrogen-bond donors (Lipinski definition) is 1. The summed E-state index contributed by atoms with van der Waals surface area (Å²) in [6.07, 6.45) is 0. The van der Waals surface area contributed by atoms with Crippen LogP contribution in [0, 0.1) is 18.6 Å². The minimum Gasteiger partial charge on any atom is -0.478 e. The lowest BCUT2D eigenvalue weighted by atomic mass is 10.1. The van der Waals surface area contributed by atoms with E-state index in [0.717, 1.165) is 10.7 Å². The molecule has 0 atom stereocenters. The molecule has 8 heteroatoms. The lowest BCUT2D eigenvalue weighted by Crippen LogP contribution is -2.10. The Balaban J connectivity index is 2.72. The molecule has 0 aliphatic carbocycles. The van der Waals surface area contributed by atoms with E-state index >= 15 is 0 Å². The van der Waals surface area contributed by atoms with Crippen LogP contribution in [-0.2, 0) is 0 Å². The van der Waals surface area contributed by atoms with E-state index in [9.17, 15) is 13.6 Å². The van der Waals surface area contributed by atoms with Crippen LogP contribution in [0.1, 0.15) is 16.2 Å². The van der Waals surface area contributed by atoms with Crippen molar-refractivity contribution in [3.63, 3.8) is 0 Å². The first-order chi connectivity index (χ1) is 8.00. The van der Waals surface area contributed by atoms with Gasteiger partial charge >= 0.3 is 5.97 Å². The zero-order valence-electron chi connectivity index (χ0n) is 8.55. The predicted octanol–water partition coefficient (Wildman–Crippen LogP) is 0.947. The van der Waals surface area contributed by atoms with Gasteiger partial charge in [-0.15, -0.1) is 5.10 Å². The second kappa shape index (κ2) is 3.89. The third-order valence-electron chi connectivity index (χ3n) is 2.12. The summed E-state index contributed by atoms with van der Waals surface area (Å²) in [4.78, 5) is 10.9. The summed E-state index contributed by atoms with van der Waals surface area (Å²) in [6, 6.07) is 1.33. The Hall–Kier alpha value is -2.38. The monoisotopic (exact) mass is 240 g/mol. The van der Waals surface area contributed by atoms with Crippen LogP contribution in [-0.4, -0.2) is 31.3 Å². The average molecular weight is 240 g/mol. The quantitative estimate of drug-likeness (QED) is 0.845. The van der Waals surface area contributed by atoms with E-state index in [1.54, 1.807) is 0 Å². The molecular weight excluding hydrogens is 234 g/mol. The summed E-state index contributed by atoms with van der Waals surface area (Å²) in [6.45, 7) is 1.51. The maximum Gasteiger partial charge on any atom is 0.338 e. The fourth-order valence-electron chi connectivity index (χ4n) is 1.34. The topological polar surface area (TPSA) is 80.9 Å². The van der Waals surface area contributed by atoms with Gasteiger partial charge in [-0.2, -0.15) is 4.68 Å². The summed E-state index contributed by atoms with van der Waals surface area (Å²) >= 11 is 0. The number of aromatic carboxylic acids is 1. The van der Waals surface area contributed by atoms with Crippen LogP contribution in [0.5, 0.6) is 0 Å². The van der Waals surface area contributed by atoms with Crippen LogP contribution in [0.3, 0.4) is 0 Å². The van der Waals surface area contributed by atoms with Crippen molar-refractivity contribution >= 4 is 5.97 Å². The lowest BCUT2D eigenvalue weighted by Gasteiger charge is -2.06. The second-order valence-electron chi connectivity index (χ2n) is 3.23. The number of halogens is 2. The Kier molecular flexibility index (Phi) is 2.54. The van der Waals surface area contributed by atoms with Gasteiger partial charge in [0.05, 0.1) is 11.3 Å². The van der Waals surface area contributed by atoms with E-state index in [1.807, 2.05) is 0 Å². The van der Waals surface area contributed by atoms with Gasteiger partial charge in [0.2, 0.25) is 0 Å². The van der Waals surface area contributed by atoms with Crippen LogP contribution >= 0.6 is 0 Å². The zero-order valence-corrected chi connectivity index (χ0v) is 8.55. The minimum atomic E-state index is -1.39. The number of tetrazole rings is 1. The summed E-state index contributed by atoms with van der Waals surface area (Å²) in [5.74, 6) is -3.54. The van der Waals surface area contributed by atoms with Crippen LogP contribution in [0.2, 0.25) is 0 Å². The van der Waals surface area contributed by atoms with E-state index < -0.39 is 23.2 Å². The second-order valence-corrected chi connectivity index (χ2v) is 3.23. The molecule has 0 unspecified atom stereocenters. The normalized spacial score (nSPS) is 10.5. The molecule has 0 radical (unpaired) electrons. The standard InChI is InChI=1S/C9H6F2N4O2/c1-4-12-13-14-15(4)8-3-7(11)6(10)2-5(8)9(16)17/h2-3H,1H3,(H,16,17). The molecule has 0 saturated carbocycles. The largest absolute Gasteiger partial charge is 0.478 e. The number of nitrogens with zero attached hydrogens (tertiary/aromatic N) is 4. The number of benzene rings is 1. The van der Waals surface area contributed by atoms with Gasteiger partial charge in [-0.05, 0) is 23.4 Å².